The number of carbonyl (C=O) groups is 2. The van der Waals surface area contributed by atoms with Crippen LogP contribution in [0.2, 0.25) is 26.6 Å². The number of rotatable bonds is 14. The van der Waals surface area contributed by atoms with Crippen LogP contribution in [-0.4, -0.2) is 51.5 Å². The minimum atomic E-state index is -1.55. The SMILES string of the molecule is CC[CH2][Sn+]([CH2]CC)[CH2]CC.CC[CH2][Sn+]([CH2]CC)[CH2]CC.O=C([O-])/C=C\C(=O)[O-]. The maximum atomic E-state index is 9.41. The van der Waals surface area contributed by atoms with Gasteiger partial charge < -0.3 is 19.8 Å². The topological polar surface area (TPSA) is 80.3 Å². The summed E-state index contributed by atoms with van der Waals surface area (Å²) >= 11 is -1.52. The van der Waals surface area contributed by atoms with Crippen LogP contribution in [0.4, 0.5) is 0 Å². The van der Waals surface area contributed by atoms with Crippen molar-refractivity contribution in [1.82, 2.24) is 0 Å². The molecule has 0 fully saturated rings. The van der Waals surface area contributed by atoms with E-state index in [-0.39, 0.29) is 0 Å². The number of carbonyl (C=O) groups excluding carboxylic acids is 2. The molecule has 0 aromatic rings. The fourth-order valence-corrected chi connectivity index (χ4v) is 19.4. The number of aliphatic carboxylic acids is 2. The van der Waals surface area contributed by atoms with E-state index >= 15 is 0 Å². The van der Waals surface area contributed by atoms with Gasteiger partial charge in [0.25, 0.3) is 0 Å². The maximum absolute atomic E-state index is 9.41. The van der Waals surface area contributed by atoms with Crippen molar-refractivity contribution in [1.29, 1.82) is 0 Å². The molecule has 0 saturated carbocycles. The van der Waals surface area contributed by atoms with Crippen molar-refractivity contribution in [3.05, 3.63) is 12.2 Å². The number of carboxylic acid groups (broad SMARTS) is 2. The number of carboxylic acids is 2. The predicted molar refractivity (Wildman–Crippen MR) is 121 cm³/mol. The van der Waals surface area contributed by atoms with Gasteiger partial charge in [0.05, 0.1) is 11.9 Å². The predicted octanol–water partition coefficient (Wildman–Crippen LogP) is 4.46. The molecule has 164 valence electrons. The van der Waals surface area contributed by atoms with Gasteiger partial charge in [-0.15, -0.1) is 0 Å². The third-order valence-corrected chi connectivity index (χ3v) is 24.6. The molecular formula is C22H44O4Sn2. The van der Waals surface area contributed by atoms with Gasteiger partial charge in [0, 0.05) is 0 Å². The largest absolute Gasteiger partial charge is 0.545 e. The summed E-state index contributed by atoms with van der Waals surface area (Å²) in [7, 11) is 0. The summed E-state index contributed by atoms with van der Waals surface area (Å²) in [6.07, 6.45) is 9.49. The smallest absolute Gasteiger partial charge is 0.0643 e. The van der Waals surface area contributed by atoms with E-state index in [0.29, 0.717) is 12.2 Å². The van der Waals surface area contributed by atoms with Gasteiger partial charge in [-0.05, 0) is 12.2 Å². The Morgan fingerprint density at radius 1 is 0.536 bits per heavy atom. The molecule has 0 N–H and O–H groups in total. The van der Waals surface area contributed by atoms with Crippen molar-refractivity contribution in [2.24, 2.45) is 0 Å². The van der Waals surface area contributed by atoms with E-state index in [4.69, 9.17) is 0 Å². The van der Waals surface area contributed by atoms with Crippen molar-refractivity contribution in [3.8, 4) is 0 Å². The third kappa shape index (κ3) is 31.0. The van der Waals surface area contributed by atoms with E-state index < -0.39 is 51.5 Å². The molecular weight excluding hydrogens is 566 g/mol. The standard InChI is InChI=1S/C4H4O4.6C3H7.2Sn/c5-3(6)1-2-4(7)8;6*1-3-2;;/h1-2H,(H,5,6)(H,7,8);6*1,3H2,2H3;;/q;;;;;;;2*+1/p-2/b2-1-;;;;;;;;. The van der Waals surface area contributed by atoms with Gasteiger partial charge in [0.15, 0.2) is 0 Å². The molecule has 0 unspecified atom stereocenters. The Kier molecular flexibility index (Phi) is 32.1. The van der Waals surface area contributed by atoms with Crippen LogP contribution in [0.3, 0.4) is 0 Å². The van der Waals surface area contributed by atoms with Crippen LogP contribution in [-0.2, 0) is 9.59 Å². The molecule has 0 heterocycles. The summed E-state index contributed by atoms with van der Waals surface area (Å²) in [4.78, 5) is 18.8. The molecule has 0 aromatic carbocycles. The van der Waals surface area contributed by atoms with E-state index in [1.54, 1.807) is 26.6 Å². The van der Waals surface area contributed by atoms with E-state index in [9.17, 15) is 19.8 Å². The Morgan fingerprint density at radius 2 is 0.714 bits per heavy atom. The van der Waals surface area contributed by atoms with Crippen LogP contribution in [0, 0.1) is 0 Å². The monoisotopic (exact) mass is 612 g/mol. The minimum Gasteiger partial charge on any atom is -0.545 e. The Balaban J connectivity index is -0.000000337. The summed E-state index contributed by atoms with van der Waals surface area (Å²) in [6, 6.07) is 0. The summed E-state index contributed by atoms with van der Waals surface area (Å²) in [5.74, 6) is -3.09. The molecule has 0 aliphatic rings. The Morgan fingerprint density at radius 3 is 0.821 bits per heavy atom. The summed E-state index contributed by atoms with van der Waals surface area (Å²) < 4.78 is 9.86. The zero-order valence-electron chi connectivity index (χ0n) is 19.3. The second-order valence-electron chi connectivity index (χ2n) is 6.97. The van der Waals surface area contributed by atoms with Gasteiger partial charge in [-0.1, -0.05) is 0 Å². The number of hydrogen-bond acceptors (Lipinski definition) is 4. The summed E-state index contributed by atoms with van der Waals surface area (Å²) in [6.45, 7) is 14.0. The van der Waals surface area contributed by atoms with Crippen molar-refractivity contribution in [3.63, 3.8) is 0 Å². The van der Waals surface area contributed by atoms with Crippen LogP contribution in [0.25, 0.3) is 0 Å². The van der Waals surface area contributed by atoms with Gasteiger partial charge in [-0.25, -0.2) is 0 Å². The molecule has 0 rings (SSSR count). The van der Waals surface area contributed by atoms with Crippen molar-refractivity contribution in [2.45, 2.75) is 107 Å². The molecule has 0 spiro atoms. The van der Waals surface area contributed by atoms with Crippen LogP contribution >= 0.6 is 0 Å². The van der Waals surface area contributed by atoms with Crippen molar-refractivity contribution < 1.29 is 19.8 Å². The Hall–Kier alpha value is 0.277. The summed E-state index contributed by atoms with van der Waals surface area (Å²) in [5.41, 5.74) is 0. The molecule has 0 atom stereocenters. The average Bonchev–Trinajstić information content (AvgIpc) is 2.62. The minimum absolute atomic E-state index is 0.384. The van der Waals surface area contributed by atoms with Crippen LogP contribution in [0.5, 0.6) is 0 Å². The fourth-order valence-electron chi connectivity index (χ4n) is 3.01. The Labute approximate surface area is 189 Å². The first-order valence-electron chi connectivity index (χ1n) is 11.1. The zero-order chi connectivity index (χ0) is 22.2. The number of hydrogen-bond donors (Lipinski definition) is 0. The third-order valence-electron chi connectivity index (χ3n) is 3.98. The molecule has 0 aliphatic heterocycles. The molecule has 0 radical (unpaired) electrons. The van der Waals surface area contributed by atoms with Gasteiger partial charge in [0.1, 0.15) is 0 Å². The van der Waals surface area contributed by atoms with Crippen LogP contribution in [0.15, 0.2) is 12.2 Å². The molecule has 6 heteroatoms. The first-order chi connectivity index (χ1) is 13.3. The van der Waals surface area contributed by atoms with Gasteiger partial charge in [-0.3, -0.25) is 0 Å². The van der Waals surface area contributed by atoms with Crippen molar-refractivity contribution >= 4 is 51.5 Å². The quantitative estimate of drug-likeness (QED) is 0.215. The second-order valence-corrected chi connectivity index (χ2v) is 24.1. The van der Waals surface area contributed by atoms with E-state index in [1.165, 1.54) is 38.5 Å². The summed E-state index contributed by atoms with van der Waals surface area (Å²) in [5, 5.41) is 18.8. The van der Waals surface area contributed by atoms with Gasteiger partial charge in [-0.2, -0.15) is 0 Å². The Bertz CT molecular complexity index is 311. The molecule has 0 amide bonds. The van der Waals surface area contributed by atoms with E-state index in [1.807, 2.05) is 0 Å². The molecule has 0 bridgehead atoms. The van der Waals surface area contributed by atoms with Crippen LogP contribution < -0.4 is 10.2 Å². The first-order valence-corrected chi connectivity index (χ1v) is 23.2. The zero-order valence-corrected chi connectivity index (χ0v) is 25.0. The normalized spacial score (nSPS) is 9.79. The van der Waals surface area contributed by atoms with Crippen LogP contribution in [0.1, 0.15) is 80.1 Å². The molecule has 4 nitrogen and oxygen atoms in total. The molecule has 0 aromatic heterocycles. The van der Waals surface area contributed by atoms with Crippen molar-refractivity contribution in [2.75, 3.05) is 0 Å². The molecule has 28 heavy (non-hydrogen) atoms. The average molecular weight is 610 g/mol. The second kappa shape index (κ2) is 27.3. The molecule has 0 aliphatic carbocycles. The van der Waals surface area contributed by atoms with E-state index in [0.717, 1.165) is 0 Å². The fraction of sp³-hybridized carbons (Fsp3) is 0.818. The maximum Gasteiger partial charge on any atom is 0.0643 e. The van der Waals surface area contributed by atoms with Gasteiger partial charge >= 0.3 is 146 Å². The molecule has 0 saturated heterocycles. The first kappa shape index (κ1) is 32.9. The van der Waals surface area contributed by atoms with Gasteiger partial charge in [0.2, 0.25) is 0 Å². The van der Waals surface area contributed by atoms with E-state index in [2.05, 4.69) is 41.5 Å².